The molecule has 11 nitrogen and oxygen atoms in total. The Hall–Kier alpha value is -3.94. The number of rotatable bonds is 57. The van der Waals surface area contributed by atoms with Gasteiger partial charge in [-0.15, -0.1) is 0 Å². The zero-order chi connectivity index (χ0) is 61.7. The smallest absolute Gasteiger partial charge is 0.306 e. The van der Waals surface area contributed by atoms with E-state index in [0.29, 0.717) is 12.8 Å². The molecule has 1 heterocycles. The predicted octanol–water partition coefficient (Wildman–Crippen LogP) is 17.4. The normalized spacial score (nSPS) is 19.2. The maximum absolute atomic E-state index is 13.5. The topological polar surface area (TPSA) is 175 Å². The number of unbranched alkanes of at least 4 members (excludes halogenated alkanes) is 25. The van der Waals surface area contributed by atoms with Crippen molar-refractivity contribution < 1.29 is 49.3 Å². The molecule has 11 heteroatoms. The Kier molecular flexibility index (Phi) is 56.1. The number of amides is 1. The average Bonchev–Trinajstić information content (AvgIpc) is 2.90. The molecule has 486 valence electrons. The van der Waals surface area contributed by atoms with Gasteiger partial charge in [-0.2, -0.15) is 0 Å². The van der Waals surface area contributed by atoms with Crippen LogP contribution in [0, 0.1) is 0 Å². The van der Waals surface area contributed by atoms with E-state index in [1.54, 1.807) is 6.08 Å². The Balaban J connectivity index is 2.61. The third kappa shape index (κ3) is 47.8. The van der Waals surface area contributed by atoms with Crippen LogP contribution in [0.25, 0.3) is 0 Å². The van der Waals surface area contributed by atoms with Crippen LogP contribution >= 0.6 is 0 Å². The van der Waals surface area contributed by atoms with Crippen LogP contribution in [0.5, 0.6) is 0 Å². The van der Waals surface area contributed by atoms with Crippen molar-refractivity contribution in [3.63, 3.8) is 0 Å². The van der Waals surface area contributed by atoms with Crippen LogP contribution in [0.3, 0.4) is 0 Å². The summed E-state index contributed by atoms with van der Waals surface area (Å²) in [5, 5.41) is 57.1. The van der Waals surface area contributed by atoms with Gasteiger partial charge in [-0.3, -0.25) is 9.59 Å². The van der Waals surface area contributed by atoms with Gasteiger partial charge in [0.15, 0.2) is 12.4 Å². The van der Waals surface area contributed by atoms with Gasteiger partial charge in [0.1, 0.15) is 24.4 Å². The highest BCUT2D eigenvalue weighted by molar-refractivity contribution is 5.80. The van der Waals surface area contributed by atoms with Gasteiger partial charge < -0.3 is 45.1 Å². The molecule has 0 spiro atoms. The van der Waals surface area contributed by atoms with E-state index >= 15 is 0 Å². The second-order valence-electron chi connectivity index (χ2n) is 23.2. The summed E-state index contributed by atoms with van der Waals surface area (Å²) >= 11 is 0. The Labute approximate surface area is 519 Å². The number of hydrogen-bond donors (Lipinski definition) is 6. The molecule has 0 bridgehead atoms. The van der Waals surface area contributed by atoms with E-state index in [2.05, 4.69) is 135 Å². The van der Waals surface area contributed by atoms with Gasteiger partial charge in [-0.1, -0.05) is 271 Å². The number of nitrogens with one attached hydrogen (secondary N) is 1. The first-order valence-electron chi connectivity index (χ1n) is 34.3. The summed E-state index contributed by atoms with van der Waals surface area (Å²) in [6.45, 7) is 5.63. The van der Waals surface area contributed by atoms with Gasteiger partial charge in [-0.05, 0) is 116 Å². The third-order valence-electron chi connectivity index (χ3n) is 15.3. The summed E-state index contributed by atoms with van der Waals surface area (Å²) in [7, 11) is 0. The Morgan fingerprint density at radius 1 is 0.471 bits per heavy atom. The Morgan fingerprint density at radius 2 is 0.847 bits per heavy atom. The number of aliphatic hydroxyl groups is 5. The zero-order valence-electron chi connectivity index (χ0n) is 53.9. The van der Waals surface area contributed by atoms with Crippen LogP contribution in [0.1, 0.15) is 271 Å². The van der Waals surface area contributed by atoms with E-state index in [0.717, 1.165) is 161 Å². The number of allylic oxidation sites excluding steroid dienone is 19. The first-order chi connectivity index (χ1) is 41.7. The van der Waals surface area contributed by atoms with Crippen LogP contribution in [0.15, 0.2) is 122 Å². The molecule has 6 N–H and O–H groups in total. The fraction of sp³-hybridized carbons (Fsp3) is 0.703. The summed E-state index contributed by atoms with van der Waals surface area (Å²) < 4.78 is 17.7. The molecule has 8 atom stereocenters. The fourth-order valence-electron chi connectivity index (χ4n) is 9.96. The second kappa shape index (κ2) is 60.3. The van der Waals surface area contributed by atoms with Crippen LogP contribution in [-0.2, 0) is 23.8 Å². The molecule has 8 unspecified atom stereocenters. The van der Waals surface area contributed by atoms with Gasteiger partial charge >= 0.3 is 5.97 Å². The highest BCUT2D eigenvalue weighted by atomic mass is 16.7. The summed E-state index contributed by atoms with van der Waals surface area (Å²) in [4.78, 5) is 26.6. The standard InChI is InChI=1S/C74H125NO10/c1-4-7-10-13-16-19-22-24-26-28-30-32-34-36-38-40-42-44-47-50-53-56-59-62-69(79)85-72-71(81)70(80)68(63-76)84-74(72)83-64-65(66(77)60-57-54-51-48-45-21-18-15-12-9-6-3)75-73(82)67(78)61-58-55-52-49-46-43-41-39-37-35-33-31-29-27-25-23-20-17-14-11-8-5-2/h7,10,16-17,19-20,24-27,30-33,36-39,57,60,65-68,70-72,74,76-78,80-81H,4-6,8-9,11-15,18,21-23,28-29,34-35,40-56,58-59,61-64H2,1-3H3,(H,75,82)/b10-7-,19-16-,20-17-,26-24-,27-25-,32-30-,33-31-,38-36-,39-37-,60-57+. The lowest BCUT2D eigenvalue weighted by molar-refractivity contribution is -0.305. The quantitative estimate of drug-likeness (QED) is 0.0195. The van der Waals surface area contributed by atoms with Crippen LogP contribution in [0.4, 0.5) is 0 Å². The van der Waals surface area contributed by atoms with E-state index in [9.17, 15) is 35.1 Å². The van der Waals surface area contributed by atoms with Gasteiger partial charge in [0, 0.05) is 6.42 Å². The number of hydrogen-bond acceptors (Lipinski definition) is 10. The van der Waals surface area contributed by atoms with Gasteiger partial charge in [0.05, 0.1) is 25.4 Å². The van der Waals surface area contributed by atoms with Crippen molar-refractivity contribution in [2.45, 2.75) is 320 Å². The summed E-state index contributed by atoms with van der Waals surface area (Å²) in [6, 6.07) is -1.04. The Bertz CT molecular complexity index is 1850. The monoisotopic (exact) mass is 1190 g/mol. The van der Waals surface area contributed by atoms with Gasteiger partial charge in [0.2, 0.25) is 5.91 Å². The molecule has 85 heavy (non-hydrogen) atoms. The molecule has 1 rings (SSSR count). The van der Waals surface area contributed by atoms with Crippen molar-refractivity contribution in [1.82, 2.24) is 5.32 Å². The average molecular weight is 1190 g/mol. The van der Waals surface area contributed by atoms with E-state index in [1.165, 1.54) is 64.2 Å². The lowest BCUT2D eigenvalue weighted by Gasteiger charge is -2.41. The molecule has 1 saturated heterocycles. The van der Waals surface area contributed by atoms with Crippen molar-refractivity contribution in [1.29, 1.82) is 0 Å². The first-order valence-corrected chi connectivity index (χ1v) is 34.3. The molecular weight excluding hydrogens is 1060 g/mol. The minimum Gasteiger partial charge on any atom is -0.454 e. The van der Waals surface area contributed by atoms with E-state index in [4.69, 9.17) is 14.2 Å². The van der Waals surface area contributed by atoms with Crippen molar-refractivity contribution in [3.05, 3.63) is 122 Å². The molecule has 0 aromatic heterocycles. The lowest BCUT2D eigenvalue weighted by Crippen LogP contribution is -2.61. The van der Waals surface area contributed by atoms with Crippen LogP contribution in [0.2, 0.25) is 0 Å². The largest absolute Gasteiger partial charge is 0.454 e. The van der Waals surface area contributed by atoms with Crippen molar-refractivity contribution in [2.75, 3.05) is 13.2 Å². The number of carbonyl (C=O) groups excluding carboxylic acids is 2. The van der Waals surface area contributed by atoms with Crippen molar-refractivity contribution in [3.8, 4) is 0 Å². The lowest BCUT2D eigenvalue weighted by atomic mass is 9.99. The molecule has 0 aromatic rings. The molecule has 0 saturated carbocycles. The number of ether oxygens (including phenoxy) is 3. The molecule has 1 fully saturated rings. The zero-order valence-corrected chi connectivity index (χ0v) is 53.9. The highest BCUT2D eigenvalue weighted by Crippen LogP contribution is 2.26. The maximum atomic E-state index is 13.5. The first kappa shape index (κ1) is 79.1. The van der Waals surface area contributed by atoms with Crippen LogP contribution in [-0.4, -0.2) is 99.6 Å². The summed E-state index contributed by atoms with van der Waals surface area (Å²) in [6.07, 6.45) is 73.7. The molecule has 0 radical (unpaired) electrons. The predicted molar refractivity (Wildman–Crippen MR) is 356 cm³/mol. The Morgan fingerprint density at radius 3 is 1.29 bits per heavy atom. The molecule has 1 aliphatic rings. The maximum Gasteiger partial charge on any atom is 0.306 e. The van der Waals surface area contributed by atoms with E-state index in [1.807, 2.05) is 6.08 Å². The second-order valence-corrected chi connectivity index (χ2v) is 23.2. The molecule has 0 aromatic carbocycles. The van der Waals surface area contributed by atoms with E-state index < -0.39 is 67.4 Å². The molecule has 1 aliphatic heterocycles. The number of aliphatic hydroxyl groups excluding tert-OH is 5. The highest BCUT2D eigenvalue weighted by Gasteiger charge is 2.47. The number of carbonyl (C=O) groups is 2. The van der Waals surface area contributed by atoms with Gasteiger partial charge in [0.25, 0.3) is 0 Å². The molecular formula is C74H125NO10. The van der Waals surface area contributed by atoms with Crippen molar-refractivity contribution in [2.24, 2.45) is 0 Å². The third-order valence-corrected chi connectivity index (χ3v) is 15.3. The van der Waals surface area contributed by atoms with Gasteiger partial charge in [-0.25, -0.2) is 0 Å². The minimum atomic E-state index is -1.63. The molecule has 0 aliphatic carbocycles. The minimum absolute atomic E-state index is 0.103. The van der Waals surface area contributed by atoms with Crippen LogP contribution < -0.4 is 5.32 Å². The molecule has 1 amide bonds. The van der Waals surface area contributed by atoms with E-state index in [-0.39, 0.29) is 19.4 Å². The summed E-state index contributed by atoms with van der Waals surface area (Å²) in [5.74, 6) is -1.22. The summed E-state index contributed by atoms with van der Waals surface area (Å²) in [5.41, 5.74) is 0. The van der Waals surface area contributed by atoms with Crippen molar-refractivity contribution >= 4 is 11.9 Å². The fourth-order valence-corrected chi connectivity index (χ4v) is 9.96. The SMILES string of the molecule is CC/C=C\C/C=C\C/C=C\C/C=C\C/C=C\CCCCCCCCCC(=O)OC1C(OCC(NC(=O)C(O)CCCCCCCC/C=C\C/C=C\C/C=C\C/C=C\CCCCC)C(O)/C=C/CCCCCCCCCCC)OC(CO)C(O)C1O. The number of esters is 1.